The molecule has 14 heavy (non-hydrogen) atoms. The predicted molar refractivity (Wildman–Crippen MR) is 53.2 cm³/mol. The molecule has 0 bridgehead atoms. The highest BCUT2D eigenvalue weighted by atomic mass is 15.4. The zero-order chi connectivity index (χ0) is 9.38. The number of hydrogen-bond donors (Lipinski definition) is 1. The van der Waals surface area contributed by atoms with Crippen LogP contribution in [-0.2, 0) is 0 Å². The third kappa shape index (κ3) is 1.19. The smallest absolute Gasteiger partial charge is 0.0867 e. The topological polar surface area (TPSA) is 42.2 Å². The molecule has 0 aliphatic carbocycles. The zero-order valence-corrected chi connectivity index (χ0v) is 7.85. The van der Waals surface area contributed by atoms with Gasteiger partial charge in [0.2, 0.25) is 0 Å². The lowest BCUT2D eigenvalue weighted by molar-refractivity contribution is 0.758. The second-order valence-electron chi connectivity index (χ2n) is 3.75. The molecule has 4 heteroatoms. The molecule has 1 atom stereocenters. The minimum atomic E-state index is 0.662. The lowest BCUT2D eigenvalue weighted by Gasteiger charge is -2.07. The van der Waals surface area contributed by atoms with Crippen molar-refractivity contribution in [3.05, 3.63) is 30.1 Å². The second-order valence-corrected chi connectivity index (χ2v) is 3.75. The lowest BCUT2D eigenvalue weighted by Crippen LogP contribution is -2.08. The molecule has 1 saturated heterocycles. The first-order valence-corrected chi connectivity index (χ1v) is 4.94. The van der Waals surface area contributed by atoms with Crippen LogP contribution in [0.1, 0.15) is 17.9 Å². The Labute approximate surface area is 81.9 Å². The Bertz CT molecular complexity index is 442. The van der Waals surface area contributed by atoms with Gasteiger partial charge in [-0.15, -0.1) is 5.10 Å². The van der Waals surface area contributed by atoms with Gasteiger partial charge < -0.3 is 5.32 Å². The monoisotopic (exact) mass is 188 g/mol. The maximum atomic E-state index is 3.94. The number of fused-ring (bicyclic) bond motifs is 1. The van der Waals surface area contributed by atoms with E-state index >= 15 is 0 Å². The summed E-state index contributed by atoms with van der Waals surface area (Å²) in [5, 5.41) is 11.2. The van der Waals surface area contributed by atoms with Crippen molar-refractivity contribution >= 4 is 5.52 Å². The first-order valence-electron chi connectivity index (χ1n) is 4.94. The predicted octanol–water partition coefficient (Wildman–Crippen LogP) is 0.806. The Morgan fingerprint density at radius 1 is 1.50 bits per heavy atom. The van der Waals surface area contributed by atoms with E-state index in [9.17, 15) is 0 Å². The van der Waals surface area contributed by atoms with E-state index in [1.807, 2.05) is 6.20 Å². The van der Waals surface area contributed by atoms with Crippen LogP contribution in [0.15, 0.2) is 24.5 Å². The van der Waals surface area contributed by atoms with Gasteiger partial charge in [-0.3, -0.25) is 0 Å². The van der Waals surface area contributed by atoms with E-state index in [1.54, 1.807) is 10.7 Å². The van der Waals surface area contributed by atoms with Crippen molar-refractivity contribution in [2.75, 3.05) is 13.1 Å². The Hall–Kier alpha value is -1.42. The molecule has 3 rings (SSSR count). The Balaban J connectivity index is 2.04. The summed E-state index contributed by atoms with van der Waals surface area (Å²) < 4.78 is 1.80. The normalized spacial score (nSPS) is 21.9. The van der Waals surface area contributed by atoms with E-state index in [0.717, 1.165) is 18.6 Å². The van der Waals surface area contributed by atoms with Gasteiger partial charge in [0.1, 0.15) is 0 Å². The van der Waals surface area contributed by atoms with Gasteiger partial charge in [0.15, 0.2) is 0 Å². The molecular weight excluding hydrogens is 176 g/mol. The summed E-state index contributed by atoms with van der Waals surface area (Å²) in [4.78, 5) is 0. The van der Waals surface area contributed by atoms with Crippen LogP contribution in [0.3, 0.4) is 0 Å². The molecule has 0 spiro atoms. The van der Waals surface area contributed by atoms with Gasteiger partial charge in [0, 0.05) is 12.7 Å². The molecular formula is C10H12N4. The van der Waals surface area contributed by atoms with E-state index in [-0.39, 0.29) is 0 Å². The molecule has 1 fully saturated rings. The fourth-order valence-electron chi connectivity index (χ4n) is 2.04. The largest absolute Gasteiger partial charge is 0.316 e. The van der Waals surface area contributed by atoms with Crippen molar-refractivity contribution in [2.45, 2.75) is 12.3 Å². The fraction of sp³-hybridized carbons (Fsp3) is 0.400. The SMILES string of the molecule is c1cn2nncc2cc1C1CCNC1. The van der Waals surface area contributed by atoms with Crippen LogP contribution in [0, 0.1) is 0 Å². The maximum Gasteiger partial charge on any atom is 0.0867 e. The van der Waals surface area contributed by atoms with Gasteiger partial charge in [0.05, 0.1) is 11.7 Å². The van der Waals surface area contributed by atoms with Crippen molar-refractivity contribution in [2.24, 2.45) is 0 Å². The molecule has 0 amide bonds. The van der Waals surface area contributed by atoms with Crippen LogP contribution in [-0.4, -0.2) is 27.9 Å². The molecule has 4 nitrogen and oxygen atoms in total. The van der Waals surface area contributed by atoms with Gasteiger partial charge in [-0.25, -0.2) is 4.52 Å². The van der Waals surface area contributed by atoms with Crippen LogP contribution >= 0.6 is 0 Å². The van der Waals surface area contributed by atoms with Gasteiger partial charge in [-0.1, -0.05) is 5.21 Å². The Morgan fingerprint density at radius 2 is 2.50 bits per heavy atom. The van der Waals surface area contributed by atoms with Crippen molar-refractivity contribution < 1.29 is 0 Å². The average Bonchev–Trinajstić information content (AvgIpc) is 2.88. The first-order chi connectivity index (χ1) is 6.93. The molecule has 1 unspecified atom stereocenters. The number of hydrogen-bond acceptors (Lipinski definition) is 3. The van der Waals surface area contributed by atoms with E-state index < -0.39 is 0 Å². The van der Waals surface area contributed by atoms with E-state index in [4.69, 9.17) is 0 Å². The van der Waals surface area contributed by atoms with E-state index in [0.29, 0.717) is 5.92 Å². The molecule has 1 aliphatic rings. The van der Waals surface area contributed by atoms with Crippen molar-refractivity contribution in [3.63, 3.8) is 0 Å². The highest BCUT2D eigenvalue weighted by Gasteiger charge is 2.16. The number of nitrogens with one attached hydrogen (secondary N) is 1. The summed E-state index contributed by atoms with van der Waals surface area (Å²) in [5.41, 5.74) is 2.47. The quantitative estimate of drug-likeness (QED) is 0.720. The second kappa shape index (κ2) is 3.06. The zero-order valence-electron chi connectivity index (χ0n) is 7.85. The summed E-state index contributed by atoms with van der Waals surface area (Å²) >= 11 is 0. The summed E-state index contributed by atoms with van der Waals surface area (Å²) in [6.45, 7) is 2.23. The van der Waals surface area contributed by atoms with Gasteiger partial charge in [-0.2, -0.15) is 0 Å². The van der Waals surface area contributed by atoms with E-state index in [1.165, 1.54) is 12.0 Å². The lowest BCUT2D eigenvalue weighted by atomic mass is 9.99. The van der Waals surface area contributed by atoms with Gasteiger partial charge in [0.25, 0.3) is 0 Å². The Morgan fingerprint density at radius 3 is 3.36 bits per heavy atom. The van der Waals surface area contributed by atoms with Crippen molar-refractivity contribution in [1.29, 1.82) is 0 Å². The summed E-state index contributed by atoms with van der Waals surface area (Å²) in [6.07, 6.45) is 5.01. The third-order valence-corrected chi connectivity index (χ3v) is 2.86. The summed E-state index contributed by atoms with van der Waals surface area (Å²) in [7, 11) is 0. The number of aromatic nitrogens is 3. The van der Waals surface area contributed by atoms with Crippen LogP contribution in [0.25, 0.3) is 5.52 Å². The number of rotatable bonds is 1. The molecule has 2 aromatic heterocycles. The van der Waals surface area contributed by atoms with Crippen LogP contribution in [0.4, 0.5) is 0 Å². The van der Waals surface area contributed by atoms with Crippen molar-refractivity contribution in [3.8, 4) is 0 Å². The fourth-order valence-corrected chi connectivity index (χ4v) is 2.04. The first kappa shape index (κ1) is 7.94. The molecule has 3 heterocycles. The Kier molecular flexibility index (Phi) is 1.73. The van der Waals surface area contributed by atoms with Gasteiger partial charge >= 0.3 is 0 Å². The maximum absolute atomic E-state index is 3.94. The number of nitrogens with zero attached hydrogens (tertiary/aromatic N) is 3. The van der Waals surface area contributed by atoms with Crippen molar-refractivity contribution in [1.82, 2.24) is 20.1 Å². The standard InChI is InChI=1S/C10H12N4/c1-3-11-6-9(1)8-2-4-14-10(5-8)7-12-13-14/h2,4-5,7,9,11H,1,3,6H2. The molecule has 0 radical (unpaired) electrons. The molecule has 72 valence electrons. The molecule has 2 aromatic rings. The van der Waals surface area contributed by atoms with Crippen LogP contribution in [0.5, 0.6) is 0 Å². The molecule has 0 saturated carbocycles. The third-order valence-electron chi connectivity index (χ3n) is 2.86. The molecule has 0 aromatic carbocycles. The van der Waals surface area contributed by atoms with Gasteiger partial charge in [-0.05, 0) is 36.6 Å². The molecule has 1 N–H and O–H groups in total. The average molecular weight is 188 g/mol. The highest BCUT2D eigenvalue weighted by molar-refractivity contribution is 5.46. The molecule has 1 aliphatic heterocycles. The highest BCUT2D eigenvalue weighted by Crippen LogP contribution is 2.22. The van der Waals surface area contributed by atoms with Crippen LogP contribution < -0.4 is 5.32 Å². The van der Waals surface area contributed by atoms with E-state index in [2.05, 4.69) is 27.8 Å². The summed E-state index contributed by atoms with van der Waals surface area (Å²) in [6, 6.07) is 4.32. The summed E-state index contributed by atoms with van der Waals surface area (Å²) in [5.74, 6) is 0.662. The minimum absolute atomic E-state index is 0.662. The van der Waals surface area contributed by atoms with Crippen LogP contribution in [0.2, 0.25) is 0 Å². The number of pyridine rings is 1. The minimum Gasteiger partial charge on any atom is -0.316 e.